The molecule has 0 saturated heterocycles. The summed E-state index contributed by atoms with van der Waals surface area (Å²) in [5.74, 6) is -1.09. The van der Waals surface area contributed by atoms with Gasteiger partial charge in [-0.2, -0.15) is 5.10 Å². The highest BCUT2D eigenvalue weighted by Gasteiger charge is 2.13. The van der Waals surface area contributed by atoms with Gasteiger partial charge in [0.2, 0.25) is 0 Å². The maximum Gasteiger partial charge on any atom is 0.354 e. The monoisotopic (exact) mass is 307 g/mol. The van der Waals surface area contributed by atoms with Crippen LogP contribution in [0.5, 0.6) is 0 Å². The van der Waals surface area contributed by atoms with E-state index in [1.54, 1.807) is 24.3 Å². The number of nitrogens with zero attached hydrogens (tertiary/aromatic N) is 2. The van der Waals surface area contributed by atoms with Gasteiger partial charge in [0.15, 0.2) is 11.3 Å². The second kappa shape index (κ2) is 4.77. The lowest BCUT2D eigenvalue weighted by Crippen LogP contribution is -1.99. The molecule has 0 fully saturated rings. The lowest BCUT2D eigenvalue weighted by atomic mass is 10.1. The van der Waals surface area contributed by atoms with Crippen LogP contribution >= 0.6 is 23.2 Å². The zero-order chi connectivity index (χ0) is 14.3. The van der Waals surface area contributed by atoms with Crippen LogP contribution in [0, 0.1) is 0 Å². The summed E-state index contributed by atoms with van der Waals surface area (Å²) in [7, 11) is 0. The summed E-state index contributed by atoms with van der Waals surface area (Å²) in [6, 6.07) is 8.26. The number of aromatic nitrogens is 3. The molecule has 3 aromatic rings. The normalized spacial score (nSPS) is 10.9. The summed E-state index contributed by atoms with van der Waals surface area (Å²) in [4.78, 5) is 14.9. The molecule has 2 N–H and O–H groups in total. The standard InChI is InChI=1S/C13H7Cl2N3O2/c14-8-3-1-6(5-9(8)15)11-7-2-4-10(13(19)20)16-12(7)18-17-11/h1-5H,(H,19,20)(H,16,17,18). The van der Waals surface area contributed by atoms with E-state index in [0.29, 0.717) is 26.8 Å². The number of carboxylic acid groups (broad SMARTS) is 1. The van der Waals surface area contributed by atoms with Crippen LogP contribution in [-0.2, 0) is 0 Å². The predicted octanol–water partition coefficient (Wildman–Crippen LogP) is 3.63. The molecule has 5 nitrogen and oxygen atoms in total. The Morgan fingerprint density at radius 2 is 1.95 bits per heavy atom. The molecular formula is C13H7Cl2N3O2. The number of H-pyrrole nitrogens is 1. The SMILES string of the molecule is O=C(O)c1ccc2c(-c3ccc(Cl)c(Cl)c3)n[nH]c2n1. The van der Waals surface area contributed by atoms with Crippen molar-refractivity contribution in [3.05, 3.63) is 46.1 Å². The summed E-state index contributed by atoms with van der Waals surface area (Å²) in [6.45, 7) is 0. The fraction of sp³-hybridized carbons (Fsp3) is 0. The van der Waals surface area contributed by atoms with Crippen molar-refractivity contribution in [1.29, 1.82) is 0 Å². The molecule has 20 heavy (non-hydrogen) atoms. The van der Waals surface area contributed by atoms with Crippen molar-refractivity contribution >= 4 is 40.2 Å². The fourth-order valence-corrected chi connectivity index (χ4v) is 2.19. The van der Waals surface area contributed by atoms with Gasteiger partial charge in [-0.25, -0.2) is 9.78 Å². The molecule has 0 atom stereocenters. The number of hydrogen-bond donors (Lipinski definition) is 2. The van der Waals surface area contributed by atoms with Crippen molar-refractivity contribution in [1.82, 2.24) is 15.2 Å². The number of hydrogen-bond acceptors (Lipinski definition) is 3. The molecule has 0 spiro atoms. The summed E-state index contributed by atoms with van der Waals surface area (Å²) in [5.41, 5.74) is 1.78. The van der Waals surface area contributed by atoms with E-state index < -0.39 is 5.97 Å². The highest BCUT2D eigenvalue weighted by Crippen LogP contribution is 2.30. The number of carboxylic acids is 1. The quantitative estimate of drug-likeness (QED) is 0.757. The Kier molecular flexibility index (Phi) is 3.08. The van der Waals surface area contributed by atoms with Crippen molar-refractivity contribution in [2.75, 3.05) is 0 Å². The number of nitrogens with one attached hydrogen (secondary N) is 1. The van der Waals surface area contributed by atoms with Crippen LogP contribution in [0.25, 0.3) is 22.3 Å². The van der Waals surface area contributed by atoms with E-state index >= 15 is 0 Å². The van der Waals surface area contributed by atoms with Crippen LogP contribution in [0.3, 0.4) is 0 Å². The zero-order valence-corrected chi connectivity index (χ0v) is 11.4. The van der Waals surface area contributed by atoms with Gasteiger partial charge in [-0.15, -0.1) is 0 Å². The number of carbonyl (C=O) groups is 1. The number of pyridine rings is 1. The first kappa shape index (κ1) is 12.9. The number of benzene rings is 1. The zero-order valence-electron chi connectivity index (χ0n) is 9.89. The summed E-state index contributed by atoms with van der Waals surface area (Å²) < 4.78 is 0. The molecule has 0 unspecified atom stereocenters. The van der Waals surface area contributed by atoms with Crippen molar-refractivity contribution in [3.63, 3.8) is 0 Å². The minimum Gasteiger partial charge on any atom is -0.477 e. The summed E-state index contributed by atoms with van der Waals surface area (Å²) >= 11 is 11.9. The largest absolute Gasteiger partial charge is 0.477 e. The number of aromatic carboxylic acids is 1. The molecule has 0 aliphatic carbocycles. The second-order valence-electron chi connectivity index (χ2n) is 4.10. The highest BCUT2D eigenvalue weighted by molar-refractivity contribution is 6.42. The number of fused-ring (bicyclic) bond motifs is 1. The maximum absolute atomic E-state index is 10.9. The first-order chi connectivity index (χ1) is 9.56. The third-order valence-corrected chi connectivity index (χ3v) is 3.58. The van der Waals surface area contributed by atoms with E-state index in [1.807, 2.05) is 0 Å². The van der Waals surface area contributed by atoms with Crippen LogP contribution in [0.15, 0.2) is 30.3 Å². The lowest BCUT2D eigenvalue weighted by Gasteiger charge is -2.00. The first-order valence-corrected chi connectivity index (χ1v) is 6.35. The third-order valence-electron chi connectivity index (χ3n) is 2.84. The van der Waals surface area contributed by atoms with Crippen molar-refractivity contribution in [2.24, 2.45) is 0 Å². The van der Waals surface area contributed by atoms with Gasteiger partial charge in [0, 0.05) is 10.9 Å². The summed E-state index contributed by atoms with van der Waals surface area (Å²) in [5, 5.41) is 17.4. The Morgan fingerprint density at radius 3 is 2.65 bits per heavy atom. The average Bonchev–Trinajstić information content (AvgIpc) is 2.84. The molecule has 0 aliphatic rings. The van der Waals surface area contributed by atoms with Gasteiger partial charge in [-0.05, 0) is 24.3 Å². The van der Waals surface area contributed by atoms with Crippen molar-refractivity contribution in [2.45, 2.75) is 0 Å². The van der Waals surface area contributed by atoms with E-state index in [-0.39, 0.29) is 5.69 Å². The smallest absolute Gasteiger partial charge is 0.354 e. The number of halogens is 2. The Hall–Kier alpha value is -2.11. The molecule has 0 radical (unpaired) electrons. The first-order valence-electron chi connectivity index (χ1n) is 5.60. The van der Waals surface area contributed by atoms with Crippen LogP contribution in [-0.4, -0.2) is 26.3 Å². The second-order valence-corrected chi connectivity index (χ2v) is 4.91. The molecule has 100 valence electrons. The van der Waals surface area contributed by atoms with Gasteiger partial charge in [0.1, 0.15) is 5.69 Å². The van der Waals surface area contributed by atoms with Crippen LogP contribution in [0.1, 0.15) is 10.5 Å². The molecule has 0 amide bonds. The minimum atomic E-state index is -1.09. The van der Waals surface area contributed by atoms with Gasteiger partial charge in [0.05, 0.1) is 10.0 Å². The van der Waals surface area contributed by atoms with Gasteiger partial charge < -0.3 is 5.11 Å². The number of aromatic amines is 1. The molecule has 0 aliphatic heterocycles. The van der Waals surface area contributed by atoms with Gasteiger partial charge >= 0.3 is 5.97 Å². The van der Waals surface area contributed by atoms with Crippen LogP contribution < -0.4 is 0 Å². The lowest BCUT2D eigenvalue weighted by molar-refractivity contribution is 0.0691. The maximum atomic E-state index is 10.9. The van der Waals surface area contributed by atoms with Crippen LogP contribution in [0.4, 0.5) is 0 Å². The van der Waals surface area contributed by atoms with E-state index in [1.165, 1.54) is 6.07 Å². The van der Waals surface area contributed by atoms with Gasteiger partial charge in [0.25, 0.3) is 0 Å². The van der Waals surface area contributed by atoms with E-state index in [9.17, 15) is 4.79 Å². The molecule has 3 rings (SSSR count). The molecule has 0 bridgehead atoms. The molecule has 2 aromatic heterocycles. The summed E-state index contributed by atoms with van der Waals surface area (Å²) in [6.07, 6.45) is 0. The fourth-order valence-electron chi connectivity index (χ4n) is 1.89. The predicted molar refractivity (Wildman–Crippen MR) is 76.3 cm³/mol. The van der Waals surface area contributed by atoms with Gasteiger partial charge in [-0.1, -0.05) is 29.3 Å². The Labute approximate surface area is 123 Å². The minimum absolute atomic E-state index is 0.0400. The topological polar surface area (TPSA) is 78.9 Å². The van der Waals surface area contributed by atoms with E-state index in [0.717, 1.165) is 5.56 Å². The molecule has 2 heterocycles. The van der Waals surface area contributed by atoms with Gasteiger partial charge in [-0.3, -0.25) is 5.10 Å². The van der Waals surface area contributed by atoms with Crippen molar-refractivity contribution in [3.8, 4) is 11.3 Å². The molecule has 1 aromatic carbocycles. The Morgan fingerprint density at radius 1 is 1.15 bits per heavy atom. The number of rotatable bonds is 2. The average molecular weight is 308 g/mol. The van der Waals surface area contributed by atoms with E-state index in [4.69, 9.17) is 28.3 Å². The molecule has 0 saturated carbocycles. The highest BCUT2D eigenvalue weighted by atomic mass is 35.5. The van der Waals surface area contributed by atoms with Crippen molar-refractivity contribution < 1.29 is 9.90 Å². The molecule has 7 heteroatoms. The third kappa shape index (κ3) is 2.11. The van der Waals surface area contributed by atoms with E-state index in [2.05, 4.69) is 15.2 Å². The van der Waals surface area contributed by atoms with Crippen LogP contribution in [0.2, 0.25) is 10.0 Å². The Bertz CT molecular complexity index is 830. The molecular weight excluding hydrogens is 301 g/mol. The Balaban J connectivity index is 2.17.